The number of non-ortho nitro benzene ring substituents is 1. The fraction of sp³-hybridized carbons (Fsp3) is 0.364. The zero-order valence-corrected chi connectivity index (χ0v) is 8.85. The lowest BCUT2D eigenvalue weighted by Crippen LogP contribution is -2.34. The molecule has 0 aromatic heterocycles. The maximum atomic E-state index is 10.5. The molecule has 0 radical (unpaired) electrons. The zero-order chi connectivity index (χ0) is 11.5. The molecule has 0 atom stereocenters. The third kappa shape index (κ3) is 2.03. The molecule has 1 N–H and O–H groups in total. The van der Waals surface area contributed by atoms with Gasteiger partial charge in [-0.2, -0.15) is 0 Å². The van der Waals surface area contributed by atoms with E-state index >= 15 is 0 Å². The first-order chi connectivity index (χ1) is 7.68. The monoisotopic (exact) mass is 219 g/mol. The van der Waals surface area contributed by atoms with E-state index in [9.17, 15) is 10.1 Å². The molecule has 0 bridgehead atoms. The molecule has 1 fully saturated rings. The van der Waals surface area contributed by atoms with Crippen molar-refractivity contribution in [3.05, 3.63) is 34.4 Å². The summed E-state index contributed by atoms with van der Waals surface area (Å²) in [7, 11) is 0. The minimum Gasteiger partial charge on any atom is -0.330 e. The molecular weight excluding hydrogens is 206 g/mol. The van der Waals surface area contributed by atoms with E-state index in [-0.39, 0.29) is 5.69 Å². The van der Waals surface area contributed by atoms with Crippen molar-refractivity contribution in [2.45, 2.75) is 19.3 Å². The first-order valence-electron chi connectivity index (χ1n) is 5.28. The summed E-state index contributed by atoms with van der Waals surface area (Å²) in [5.41, 5.74) is 0.961. The highest BCUT2D eigenvalue weighted by atomic mass is 16.6. The Bertz CT molecular complexity index is 414. The zero-order valence-electron chi connectivity index (χ0n) is 8.85. The van der Waals surface area contributed by atoms with E-state index in [1.54, 1.807) is 12.1 Å². The van der Waals surface area contributed by atoms with Crippen LogP contribution in [0.25, 0.3) is 0 Å². The van der Waals surface area contributed by atoms with Crippen molar-refractivity contribution < 1.29 is 4.92 Å². The van der Waals surface area contributed by atoms with Gasteiger partial charge in [-0.25, -0.2) is 0 Å². The van der Waals surface area contributed by atoms with Gasteiger partial charge in [-0.3, -0.25) is 15.5 Å². The van der Waals surface area contributed by atoms with Gasteiger partial charge in [0.05, 0.1) is 4.92 Å². The minimum absolute atomic E-state index is 0.0901. The molecule has 5 heteroatoms. The van der Waals surface area contributed by atoms with Crippen LogP contribution in [0.1, 0.15) is 19.3 Å². The number of piperidine rings is 1. The van der Waals surface area contributed by atoms with Crippen LogP contribution in [0.4, 0.5) is 11.4 Å². The Labute approximate surface area is 93.3 Å². The van der Waals surface area contributed by atoms with Crippen molar-refractivity contribution in [1.29, 1.82) is 5.41 Å². The van der Waals surface area contributed by atoms with E-state index in [4.69, 9.17) is 5.41 Å². The molecule has 0 aliphatic carbocycles. The van der Waals surface area contributed by atoms with E-state index in [2.05, 4.69) is 0 Å². The molecule has 84 valence electrons. The van der Waals surface area contributed by atoms with Crippen LogP contribution in [0.3, 0.4) is 0 Å². The van der Waals surface area contributed by atoms with Crippen molar-refractivity contribution in [2.24, 2.45) is 0 Å². The third-order valence-electron chi connectivity index (χ3n) is 2.74. The lowest BCUT2D eigenvalue weighted by atomic mass is 10.1. The molecule has 1 aromatic carbocycles. The summed E-state index contributed by atoms with van der Waals surface area (Å²) in [6, 6.07) is 6.38. The maximum absolute atomic E-state index is 10.5. The lowest BCUT2D eigenvalue weighted by Gasteiger charge is -2.29. The van der Waals surface area contributed by atoms with Gasteiger partial charge in [0.1, 0.15) is 5.84 Å². The van der Waals surface area contributed by atoms with Crippen LogP contribution in [0.2, 0.25) is 0 Å². The number of nitrogens with one attached hydrogen (secondary N) is 1. The van der Waals surface area contributed by atoms with Crippen LogP contribution in [0.15, 0.2) is 24.3 Å². The van der Waals surface area contributed by atoms with Crippen LogP contribution in [0.5, 0.6) is 0 Å². The molecule has 5 nitrogen and oxygen atoms in total. The number of benzene rings is 1. The van der Waals surface area contributed by atoms with Crippen LogP contribution in [-0.2, 0) is 0 Å². The predicted molar refractivity (Wildman–Crippen MR) is 62.0 cm³/mol. The standard InChI is InChI=1S/C11H13N3O2/c12-11-3-1-2-8-13(11)9-4-6-10(7-5-9)14(15)16/h4-7,12H,1-3,8H2. The summed E-state index contributed by atoms with van der Waals surface area (Å²) in [5, 5.41) is 18.3. The molecule has 1 saturated heterocycles. The fourth-order valence-electron chi connectivity index (χ4n) is 1.87. The van der Waals surface area contributed by atoms with E-state index in [1.165, 1.54) is 12.1 Å². The van der Waals surface area contributed by atoms with Crippen LogP contribution < -0.4 is 4.90 Å². The first-order valence-corrected chi connectivity index (χ1v) is 5.28. The third-order valence-corrected chi connectivity index (χ3v) is 2.74. The van der Waals surface area contributed by atoms with Gasteiger partial charge in [0.15, 0.2) is 0 Å². The second-order valence-electron chi connectivity index (χ2n) is 3.83. The van der Waals surface area contributed by atoms with E-state index in [0.717, 1.165) is 31.5 Å². The topological polar surface area (TPSA) is 70.2 Å². The van der Waals surface area contributed by atoms with Crippen molar-refractivity contribution in [1.82, 2.24) is 0 Å². The highest BCUT2D eigenvalue weighted by molar-refractivity contribution is 5.96. The number of amidine groups is 1. The SMILES string of the molecule is N=C1CCCCN1c1ccc([N+](=O)[O-])cc1. The van der Waals surface area contributed by atoms with Crippen molar-refractivity contribution in [3.63, 3.8) is 0 Å². The first kappa shape index (κ1) is 10.6. The molecule has 0 unspecified atom stereocenters. The number of anilines is 1. The van der Waals surface area contributed by atoms with Crippen molar-refractivity contribution in [2.75, 3.05) is 11.4 Å². The largest absolute Gasteiger partial charge is 0.330 e. The quantitative estimate of drug-likeness (QED) is 0.613. The average molecular weight is 219 g/mol. The molecular formula is C11H13N3O2. The Hall–Kier alpha value is -1.91. The van der Waals surface area contributed by atoms with Crippen LogP contribution >= 0.6 is 0 Å². The Morgan fingerprint density at radius 1 is 1.25 bits per heavy atom. The second kappa shape index (κ2) is 4.30. The molecule has 1 aromatic rings. The smallest absolute Gasteiger partial charge is 0.269 e. The predicted octanol–water partition coefficient (Wildman–Crippen LogP) is 2.56. The summed E-state index contributed by atoms with van der Waals surface area (Å²) in [6.45, 7) is 0.830. The molecule has 1 aliphatic heterocycles. The Balaban J connectivity index is 2.20. The number of rotatable bonds is 2. The maximum Gasteiger partial charge on any atom is 0.269 e. The highest BCUT2D eigenvalue weighted by Gasteiger charge is 2.17. The molecule has 0 spiro atoms. The number of hydrogen-bond donors (Lipinski definition) is 1. The molecule has 2 rings (SSSR count). The Morgan fingerprint density at radius 2 is 1.94 bits per heavy atom. The molecule has 0 amide bonds. The van der Waals surface area contributed by atoms with Gasteiger partial charge in [-0.15, -0.1) is 0 Å². The summed E-state index contributed by atoms with van der Waals surface area (Å²) >= 11 is 0. The fourth-order valence-corrected chi connectivity index (χ4v) is 1.87. The number of nitro groups is 1. The van der Waals surface area contributed by atoms with Gasteiger partial charge in [0.25, 0.3) is 5.69 Å². The normalized spacial score (nSPS) is 16.2. The summed E-state index contributed by atoms with van der Waals surface area (Å²) in [5.74, 6) is 0.597. The summed E-state index contributed by atoms with van der Waals surface area (Å²) in [4.78, 5) is 12.0. The van der Waals surface area contributed by atoms with E-state index in [1.807, 2.05) is 4.90 Å². The number of nitro benzene ring substituents is 1. The van der Waals surface area contributed by atoms with Gasteiger partial charge in [0, 0.05) is 30.8 Å². The summed E-state index contributed by atoms with van der Waals surface area (Å²) in [6.07, 6.45) is 2.92. The molecule has 1 heterocycles. The van der Waals surface area contributed by atoms with Gasteiger partial charge in [-0.05, 0) is 25.0 Å². The van der Waals surface area contributed by atoms with Gasteiger partial charge >= 0.3 is 0 Å². The molecule has 1 aliphatic rings. The summed E-state index contributed by atoms with van der Waals surface area (Å²) < 4.78 is 0. The second-order valence-corrected chi connectivity index (χ2v) is 3.83. The molecule has 16 heavy (non-hydrogen) atoms. The van der Waals surface area contributed by atoms with E-state index < -0.39 is 4.92 Å². The van der Waals surface area contributed by atoms with E-state index in [0.29, 0.717) is 5.84 Å². The number of nitrogens with zero attached hydrogens (tertiary/aromatic N) is 2. The Morgan fingerprint density at radius 3 is 2.50 bits per heavy atom. The minimum atomic E-state index is -0.411. The van der Waals surface area contributed by atoms with Crippen LogP contribution in [-0.4, -0.2) is 17.3 Å². The van der Waals surface area contributed by atoms with Gasteiger partial charge in [-0.1, -0.05) is 0 Å². The number of hydrogen-bond acceptors (Lipinski definition) is 3. The molecule has 0 saturated carbocycles. The average Bonchev–Trinajstić information content (AvgIpc) is 2.30. The van der Waals surface area contributed by atoms with Crippen molar-refractivity contribution in [3.8, 4) is 0 Å². The van der Waals surface area contributed by atoms with Gasteiger partial charge in [0.2, 0.25) is 0 Å². The van der Waals surface area contributed by atoms with Gasteiger partial charge < -0.3 is 4.90 Å². The van der Waals surface area contributed by atoms with Crippen LogP contribution in [0, 0.1) is 15.5 Å². The highest BCUT2D eigenvalue weighted by Crippen LogP contribution is 2.23. The lowest BCUT2D eigenvalue weighted by molar-refractivity contribution is -0.384. The van der Waals surface area contributed by atoms with Crippen molar-refractivity contribution >= 4 is 17.2 Å². The Kier molecular flexibility index (Phi) is 2.85.